The molecule has 1 aliphatic rings. The molecule has 4 nitrogen and oxygen atoms in total. The van der Waals surface area contributed by atoms with Crippen molar-refractivity contribution >= 4 is 6.03 Å². The first-order valence-electron chi connectivity index (χ1n) is 6.28. The largest absolute Gasteiger partial charge is 0.337 e. The van der Waals surface area contributed by atoms with Gasteiger partial charge in [-0.3, -0.25) is 0 Å². The molecule has 1 aliphatic carbocycles. The molecule has 94 valence electrons. The van der Waals surface area contributed by atoms with E-state index in [0.29, 0.717) is 12.6 Å². The fourth-order valence-electron chi connectivity index (χ4n) is 2.22. The number of hydrogen-bond donors (Lipinski definition) is 2. The molecule has 0 heterocycles. The number of carbonyl (C=O) groups excluding carboxylic acids is 1. The van der Waals surface area contributed by atoms with Gasteiger partial charge in [0.05, 0.1) is 0 Å². The Morgan fingerprint density at radius 3 is 2.69 bits per heavy atom. The van der Waals surface area contributed by atoms with Crippen LogP contribution in [-0.2, 0) is 0 Å². The van der Waals surface area contributed by atoms with E-state index in [4.69, 9.17) is 0 Å². The number of amides is 2. The molecule has 0 bridgehead atoms. The SMILES string of the molecule is CC1CCCC(NCCNC(=O)N(C)C)C1. The van der Waals surface area contributed by atoms with Crippen molar-refractivity contribution in [2.75, 3.05) is 27.2 Å². The van der Waals surface area contributed by atoms with Crippen LogP contribution in [0.25, 0.3) is 0 Å². The predicted molar refractivity (Wildman–Crippen MR) is 66.5 cm³/mol. The Hall–Kier alpha value is -0.770. The summed E-state index contributed by atoms with van der Waals surface area (Å²) in [5.74, 6) is 0.850. The third kappa shape index (κ3) is 4.84. The van der Waals surface area contributed by atoms with Gasteiger partial charge in [0.1, 0.15) is 0 Å². The second-order valence-corrected chi connectivity index (χ2v) is 5.05. The minimum Gasteiger partial charge on any atom is -0.337 e. The molecule has 0 aromatic carbocycles. The van der Waals surface area contributed by atoms with Crippen LogP contribution in [0, 0.1) is 5.92 Å². The fourth-order valence-corrected chi connectivity index (χ4v) is 2.22. The van der Waals surface area contributed by atoms with Gasteiger partial charge in [0.2, 0.25) is 0 Å². The zero-order valence-electron chi connectivity index (χ0n) is 10.8. The van der Waals surface area contributed by atoms with Crippen LogP contribution in [-0.4, -0.2) is 44.2 Å². The highest BCUT2D eigenvalue weighted by molar-refractivity contribution is 5.73. The van der Waals surface area contributed by atoms with Crippen LogP contribution in [0.3, 0.4) is 0 Å². The molecule has 0 aromatic rings. The van der Waals surface area contributed by atoms with E-state index in [0.717, 1.165) is 12.5 Å². The van der Waals surface area contributed by atoms with Crippen molar-refractivity contribution in [1.29, 1.82) is 0 Å². The van der Waals surface area contributed by atoms with Gasteiger partial charge < -0.3 is 15.5 Å². The zero-order valence-corrected chi connectivity index (χ0v) is 10.8. The van der Waals surface area contributed by atoms with Crippen LogP contribution >= 0.6 is 0 Å². The van der Waals surface area contributed by atoms with Gasteiger partial charge in [0.25, 0.3) is 0 Å². The lowest BCUT2D eigenvalue weighted by Crippen LogP contribution is -2.41. The van der Waals surface area contributed by atoms with Crippen molar-refractivity contribution < 1.29 is 4.79 Å². The molecule has 0 aliphatic heterocycles. The second kappa shape index (κ2) is 6.74. The number of urea groups is 1. The van der Waals surface area contributed by atoms with E-state index >= 15 is 0 Å². The number of hydrogen-bond acceptors (Lipinski definition) is 2. The lowest BCUT2D eigenvalue weighted by atomic mass is 9.87. The van der Waals surface area contributed by atoms with Gasteiger partial charge in [0, 0.05) is 33.2 Å². The summed E-state index contributed by atoms with van der Waals surface area (Å²) in [5.41, 5.74) is 0. The van der Waals surface area contributed by atoms with Gasteiger partial charge in [-0.15, -0.1) is 0 Å². The van der Waals surface area contributed by atoms with Crippen molar-refractivity contribution in [2.24, 2.45) is 5.92 Å². The molecule has 2 atom stereocenters. The Labute approximate surface area is 98.8 Å². The quantitative estimate of drug-likeness (QED) is 0.714. The van der Waals surface area contributed by atoms with Crippen LogP contribution < -0.4 is 10.6 Å². The van der Waals surface area contributed by atoms with Gasteiger partial charge in [-0.2, -0.15) is 0 Å². The zero-order chi connectivity index (χ0) is 12.0. The summed E-state index contributed by atoms with van der Waals surface area (Å²) in [5, 5.41) is 6.37. The maximum Gasteiger partial charge on any atom is 0.316 e. The van der Waals surface area contributed by atoms with Crippen LogP contribution in [0.1, 0.15) is 32.6 Å². The lowest BCUT2D eigenvalue weighted by Gasteiger charge is -2.27. The standard InChI is InChI=1S/C12H25N3O/c1-10-5-4-6-11(9-10)13-7-8-14-12(16)15(2)3/h10-11,13H,4-9H2,1-3H3,(H,14,16). The number of carbonyl (C=O) groups is 1. The molecule has 0 spiro atoms. The van der Waals surface area contributed by atoms with Crippen LogP contribution in [0.2, 0.25) is 0 Å². The third-order valence-electron chi connectivity index (χ3n) is 3.18. The Kier molecular flexibility index (Phi) is 5.60. The molecular weight excluding hydrogens is 202 g/mol. The topological polar surface area (TPSA) is 44.4 Å². The Balaban J connectivity index is 2.04. The Morgan fingerprint density at radius 1 is 1.31 bits per heavy atom. The lowest BCUT2D eigenvalue weighted by molar-refractivity contribution is 0.217. The first-order valence-corrected chi connectivity index (χ1v) is 6.28. The summed E-state index contributed by atoms with van der Waals surface area (Å²) in [7, 11) is 3.51. The van der Waals surface area contributed by atoms with Crippen molar-refractivity contribution in [3.05, 3.63) is 0 Å². The van der Waals surface area contributed by atoms with Crippen LogP contribution in [0.15, 0.2) is 0 Å². The van der Waals surface area contributed by atoms with E-state index in [-0.39, 0.29) is 6.03 Å². The summed E-state index contributed by atoms with van der Waals surface area (Å²) in [4.78, 5) is 12.8. The molecule has 16 heavy (non-hydrogen) atoms. The molecule has 1 rings (SSSR count). The highest BCUT2D eigenvalue weighted by Gasteiger charge is 2.17. The molecule has 1 fully saturated rings. The smallest absolute Gasteiger partial charge is 0.316 e. The summed E-state index contributed by atoms with van der Waals surface area (Å²) in [6.45, 7) is 3.90. The van der Waals surface area contributed by atoms with E-state index in [1.165, 1.54) is 25.7 Å². The maximum absolute atomic E-state index is 11.2. The summed E-state index contributed by atoms with van der Waals surface area (Å²) >= 11 is 0. The second-order valence-electron chi connectivity index (χ2n) is 5.05. The van der Waals surface area contributed by atoms with Gasteiger partial charge >= 0.3 is 6.03 Å². The highest BCUT2D eigenvalue weighted by atomic mass is 16.2. The summed E-state index contributed by atoms with van der Waals surface area (Å²) < 4.78 is 0. The highest BCUT2D eigenvalue weighted by Crippen LogP contribution is 2.23. The van der Waals surface area contributed by atoms with E-state index in [1.54, 1.807) is 19.0 Å². The summed E-state index contributed by atoms with van der Waals surface area (Å²) in [6, 6.07) is 0.638. The predicted octanol–water partition coefficient (Wildman–Crippen LogP) is 1.43. The van der Waals surface area contributed by atoms with Crippen molar-refractivity contribution in [2.45, 2.75) is 38.6 Å². The van der Waals surface area contributed by atoms with Gasteiger partial charge in [-0.1, -0.05) is 19.8 Å². The van der Waals surface area contributed by atoms with Crippen molar-refractivity contribution in [3.63, 3.8) is 0 Å². The number of rotatable bonds is 4. The normalized spacial score (nSPS) is 25.2. The molecule has 2 amide bonds. The van der Waals surface area contributed by atoms with Crippen LogP contribution in [0.5, 0.6) is 0 Å². The minimum atomic E-state index is -0.0150. The fraction of sp³-hybridized carbons (Fsp3) is 0.917. The molecule has 1 saturated carbocycles. The molecule has 4 heteroatoms. The first-order chi connectivity index (χ1) is 7.59. The molecule has 0 aromatic heterocycles. The molecule has 2 unspecified atom stereocenters. The van der Waals surface area contributed by atoms with E-state index in [1.807, 2.05) is 0 Å². The van der Waals surface area contributed by atoms with Crippen molar-refractivity contribution in [3.8, 4) is 0 Å². The van der Waals surface area contributed by atoms with Gasteiger partial charge in [0.15, 0.2) is 0 Å². The third-order valence-corrected chi connectivity index (χ3v) is 3.18. The van der Waals surface area contributed by atoms with E-state index in [2.05, 4.69) is 17.6 Å². The van der Waals surface area contributed by atoms with E-state index < -0.39 is 0 Å². The average molecular weight is 227 g/mol. The monoisotopic (exact) mass is 227 g/mol. The Bertz CT molecular complexity index is 218. The Morgan fingerprint density at radius 2 is 2.06 bits per heavy atom. The van der Waals surface area contributed by atoms with Gasteiger partial charge in [-0.25, -0.2) is 4.79 Å². The molecular formula is C12H25N3O. The maximum atomic E-state index is 11.2. The van der Waals surface area contributed by atoms with Crippen LogP contribution in [0.4, 0.5) is 4.79 Å². The van der Waals surface area contributed by atoms with E-state index in [9.17, 15) is 4.79 Å². The number of nitrogens with zero attached hydrogens (tertiary/aromatic N) is 1. The molecule has 0 saturated heterocycles. The van der Waals surface area contributed by atoms with Crippen molar-refractivity contribution in [1.82, 2.24) is 15.5 Å². The summed E-state index contributed by atoms with van der Waals surface area (Å²) in [6.07, 6.45) is 5.27. The van der Waals surface area contributed by atoms with Gasteiger partial charge in [-0.05, 0) is 18.8 Å². The number of nitrogens with one attached hydrogen (secondary N) is 2. The minimum absolute atomic E-state index is 0.0150. The molecule has 2 N–H and O–H groups in total. The first kappa shape index (κ1) is 13.3. The molecule has 0 radical (unpaired) electrons. The average Bonchev–Trinajstić information content (AvgIpc) is 2.24.